The van der Waals surface area contributed by atoms with Crippen molar-refractivity contribution in [1.29, 1.82) is 0 Å². The summed E-state index contributed by atoms with van der Waals surface area (Å²) in [6, 6.07) is -0.683. The number of hydrogen-bond donors (Lipinski definition) is 0. The van der Waals surface area contributed by atoms with Crippen LogP contribution in [0.15, 0.2) is 12.7 Å². The van der Waals surface area contributed by atoms with E-state index in [1.165, 1.54) is 13.0 Å². The SMILES string of the molecule is C=CCOC(=O)N1CC(F)C[C@H]1C(C)=O. The molecule has 15 heavy (non-hydrogen) atoms. The second kappa shape index (κ2) is 4.91. The first-order chi connectivity index (χ1) is 7.06. The molecular weight excluding hydrogens is 201 g/mol. The maximum atomic E-state index is 13.0. The highest BCUT2D eigenvalue weighted by atomic mass is 19.1. The Hall–Kier alpha value is -1.39. The zero-order chi connectivity index (χ0) is 11.4. The fourth-order valence-corrected chi connectivity index (χ4v) is 1.59. The highest BCUT2D eigenvalue weighted by Gasteiger charge is 2.38. The summed E-state index contributed by atoms with van der Waals surface area (Å²) in [6.45, 7) is 4.73. The summed E-state index contributed by atoms with van der Waals surface area (Å²) in [6.07, 6.45) is -0.312. The van der Waals surface area contributed by atoms with Gasteiger partial charge < -0.3 is 4.74 Å². The van der Waals surface area contributed by atoms with Crippen LogP contribution in [0.2, 0.25) is 0 Å². The molecule has 1 aliphatic rings. The third kappa shape index (κ3) is 2.78. The van der Waals surface area contributed by atoms with Gasteiger partial charge in [0.05, 0.1) is 12.6 Å². The molecule has 1 unspecified atom stereocenters. The summed E-state index contributed by atoms with van der Waals surface area (Å²) in [5, 5.41) is 0. The Labute approximate surface area is 87.7 Å². The van der Waals surface area contributed by atoms with Crippen molar-refractivity contribution in [3.63, 3.8) is 0 Å². The van der Waals surface area contributed by atoms with Gasteiger partial charge in [0.2, 0.25) is 0 Å². The van der Waals surface area contributed by atoms with Gasteiger partial charge in [-0.05, 0) is 6.92 Å². The normalized spacial score (nSPS) is 25.1. The first-order valence-electron chi connectivity index (χ1n) is 4.75. The first kappa shape index (κ1) is 11.7. The monoisotopic (exact) mass is 215 g/mol. The molecule has 5 heteroatoms. The quantitative estimate of drug-likeness (QED) is 0.667. The van der Waals surface area contributed by atoms with Gasteiger partial charge in [0.15, 0.2) is 5.78 Å². The van der Waals surface area contributed by atoms with Crippen LogP contribution in [0, 0.1) is 0 Å². The highest BCUT2D eigenvalue weighted by Crippen LogP contribution is 2.21. The number of ketones is 1. The number of nitrogens with zero attached hydrogens (tertiary/aromatic N) is 1. The summed E-state index contributed by atoms with van der Waals surface area (Å²) in [5.74, 6) is -0.217. The maximum absolute atomic E-state index is 13.0. The summed E-state index contributed by atoms with van der Waals surface area (Å²) >= 11 is 0. The number of halogens is 1. The van der Waals surface area contributed by atoms with Crippen LogP contribution in [0.5, 0.6) is 0 Å². The molecule has 0 spiro atoms. The molecule has 4 nitrogen and oxygen atoms in total. The van der Waals surface area contributed by atoms with Gasteiger partial charge in [-0.1, -0.05) is 12.7 Å². The molecule has 0 aliphatic carbocycles. The summed E-state index contributed by atoms with van der Waals surface area (Å²) < 4.78 is 17.8. The Morgan fingerprint density at radius 2 is 2.33 bits per heavy atom. The van der Waals surface area contributed by atoms with Crippen LogP contribution < -0.4 is 0 Å². The van der Waals surface area contributed by atoms with Crippen LogP contribution in [0.1, 0.15) is 13.3 Å². The van der Waals surface area contributed by atoms with Crippen LogP contribution in [-0.2, 0) is 9.53 Å². The van der Waals surface area contributed by atoms with E-state index in [1.54, 1.807) is 0 Å². The first-order valence-corrected chi connectivity index (χ1v) is 4.75. The van der Waals surface area contributed by atoms with E-state index in [1.807, 2.05) is 0 Å². The minimum atomic E-state index is -1.14. The molecule has 1 rings (SSSR count). The highest BCUT2D eigenvalue weighted by molar-refractivity contribution is 5.86. The Balaban J connectivity index is 2.62. The van der Waals surface area contributed by atoms with E-state index in [0.717, 1.165) is 4.90 Å². The van der Waals surface area contributed by atoms with E-state index in [-0.39, 0.29) is 25.4 Å². The molecule has 0 aromatic heterocycles. The molecule has 0 radical (unpaired) electrons. The lowest BCUT2D eigenvalue weighted by atomic mass is 10.1. The lowest BCUT2D eigenvalue weighted by Gasteiger charge is -2.20. The number of likely N-dealkylation sites (tertiary alicyclic amines) is 1. The number of alkyl halides is 1. The molecule has 0 N–H and O–H groups in total. The standard InChI is InChI=1S/C10H14FNO3/c1-3-4-15-10(14)12-6-8(11)5-9(12)7(2)13/h3,8-9H,1,4-6H2,2H3/t8?,9-/m0/s1. The number of carbonyl (C=O) groups is 2. The third-order valence-corrected chi connectivity index (χ3v) is 2.28. The Kier molecular flexibility index (Phi) is 3.82. The molecule has 1 amide bonds. The minimum absolute atomic E-state index is 0.0664. The maximum Gasteiger partial charge on any atom is 0.410 e. The zero-order valence-corrected chi connectivity index (χ0v) is 8.61. The van der Waals surface area contributed by atoms with Crippen LogP contribution in [0.4, 0.5) is 9.18 Å². The predicted octanol–water partition coefficient (Wildman–Crippen LogP) is 1.31. The van der Waals surface area contributed by atoms with Gasteiger partial charge >= 0.3 is 6.09 Å². The second-order valence-corrected chi connectivity index (χ2v) is 3.48. The zero-order valence-electron chi connectivity index (χ0n) is 8.61. The molecule has 0 aromatic rings. The topological polar surface area (TPSA) is 46.6 Å². The van der Waals surface area contributed by atoms with E-state index in [2.05, 4.69) is 6.58 Å². The van der Waals surface area contributed by atoms with E-state index >= 15 is 0 Å². The summed E-state index contributed by atoms with van der Waals surface area (Å²) in [7, 11) is 0. The van der Waals surface area contributed by atoms with Crippen molar-refractivity contribution in [1.82, 2.24) is 4.90 Å². The van der Waals surface area contributed by atoms with Crippen LogP contribution in [0.3, 0.4) is 0 Å². The fourth-order valence-electron chi connectivity index (χ4n) is 1.59. The predicted molar refractivity (Wildman–Crippen MR) is 52.2 cm³/mol. The van der Waals surface area contributed by atoms with Gasteiger partial charge in [0.1, 0.15) is 12.8 Å². The molecule has 0 aromatic carbocycles. The molecule has 1 heterocycles. The van der Waals surface area contributed by atoms with Crippen molar-refractivity contribution in [2.75, 3.05) is 13.2 Å². The van der Waals surface area contributed by atoms with Gasteiger partial charge in [-0.2, -0.15) is 0 Å². The Morgan fingerprint density at radius 3 is 2.87 bits per heavy atom. The minimum Gasteiger partial charge on any atom is -0.445 e. The van der Waals surface area contributed by atoms with Crippen molar-refractivity contribution in [3.05, 3.63) is 12.7 Å². The fraction of sp³-hybridized carbons (Fsp3) is 0.600. The number of hydrogen-bond acceptors (Lipinski definition) is 3. The van der Waals surface area contributed by atoms with Crippen molar-refractivity contribution in [3.8, 4) is 0 Å². The lowest BCUT2D eigenvalue weighted by molar-refractivity contribution is -0.120. The molecule has 1 aliphatic heterocycles. The summed E-state index contributed by atoms with van der Waals surface area (Å²) in [5.41, 5.74) is 0. The third-order valence-electron chi connectivity index (χ3n) is 2.28. The van der Waals surface area contributed by atoms with Crippen molar-refractivity contribution in [2.24, 2.45) is 0 Å². The molecule has 2 atom stereocenters. The largest absolute Gasteiger partial charge is 0.445 e. The number of rotatable bonds is 3. The Bertz CT molecular complexity index is 280. The van der Waals surface area contributed by atoms with Gasteiger partial charge in [-0.25, -0.2) is 9.18 Å². The lowest BCUT2D eigenvalue weighted by Crippen LogP contribution is -2.40. The van der Waals surface area contributed by atoms with Crippen LogP contribution in [0.25, 0.3) is 0 Å². The number of amides is 1. The Morgan fingerprint density at radius 1 is 1.67 bits per heavy atom. The molecule has 1 fully saturated rings. The van der Waals surface area contributed by atoms with Gasteiger partial charge in [0, 0.05) is 6.42 Å². The van der Waals surface area contributed by atoms with Gasteiger partial charge in [-0.3, -0.25) is 9.69 Å². The van der Waals surface area contributed by atoms with Crippen molar-refractivity contribution >= 4 is 11.9 Å². The van der Waals surface area contributed by atoms with E-state index in [9.17, 15) is 14.0 Å². The molecule has 0 bridgehead atoms. The molecular formula is C10H14FNO3. The molecule has 1 saturated heterocycles. The van der Waals surface area contributed by atoms with Gasteiger partial charge in [0.25, 0.3) is 0 Å². The average molecular weight is 215 g/mol. The van der Waals surface area contributed by atoms with Crippen LogP contribution >= 0.6 is 0 Å². The molecule has 84 valence electrons. The van der Waals surface area contributed by atoms with E-state index in [0.29, 0.717) is 0 Å². The second-order valence-electron chi connectivity index (χ2n) is 3.48. The van der Waals surface area contributed by atoms with Crippen LogP contribution in [-0.4, -0.2) is 42.1 Å². The average Bonchev–Trinajstić information content (AvgIpc) is 2.57. The number of carbonyl (C=O) groups excluding carboxylic acids is 2. The summed E-state index contributed by atoms with van der Waals surface area (Å²) in [4.78, 5) is 23.7. The smallest absolute Gasteiger partial charge is 0.410 e. The number of ether oxygens (including phenoxy) is 1. The van der Waals surface area contributed by atoms with Crippen molar-refractivity contribution < 1.29 is 18.7 Å². The van der Waals surface area contributed by atoms with Crippen molar-refractivity contribution in [2.45, 2.75) is 25.6 Å². The van der Waals surface area contributed by atoms with E-state index in [4.69, 9.17) is 4.74 Å². The number of Topliss-reactive ketones (excluding diaryl/α,β-unsaturated/α-hetero) is 1. The van der Waals surface area contributed by atoms with Gasteiger partial charge in [-0.15, -0.1) is 0 Å². The van der Waals surface area contributed by atoms with E-state index < -0.39 is 18.3 Å². The molecule has 0 saturated carbocycles.